The molecule has 1 aliphatic rings. The van der Waals surface area contributed by atoms with E-state index >= 15 is 0 Å². The Labute approximate surface area is 156 Å². The van der Waals surface area contributed by atoms with Crippen LogP contribution in [0.4, 0.5) is 17.6 Å². The van der Waals surface area contributed by atoms with Gasteiger partial charge in [0, 0.05) is 29.5 Å². The van der Waals surface area contributed by atoms with Gasteiger partial charge in [-0.1, -0.05) is 26.0 Å². The minimum Gasteiger partial charge on any atom is -0.513 e. The number of thioether (sulfide) groups is 1. The molecule has 0 aromatic carbocycles. The molecule has 5 atom stereocenters. The van der Waals surface area contributed by atoms with Crippen LogP contribution in [0.3, 0.4) is 0 Å². The maximum atomic E-state index is 13.9. The van der Waals surface area contributed by atoms with Gasteiger partial charge in [0.2, 0.25) is 0 Å². The summed E-state index contributed by atoms with van der Waals surface area (Å²) in [6.45, 7) is 4.85. The number of hydrogen-bond acceptors (Lipinski definition) is 3. The SMILES string of the molecule is C/C(O)=C(/CN)C(/C=C\CF)[C@H](C)C(C)SC[C@H]1C(F)=CC(F)=CC1F. The van der Waals surface area contributed by atoms with E-state index in [0.29, 0.717) is 11.6 Å². The highest BCUT2D eigenvalue weighted by Gasteiger charge is 2.31. The molecule has 0 radical (unpaired) electrons. The predicted octanol–water partition coefficient (Wildman–Crippen LogP) is 5.35. The average Bonchev–Trinajstić information content (AvgIpc) is 2.56. The summed E-state index contributed by atoms with van der Waals surface area (Å²) in [7, 11) is 0. The second-order valence-corrected chi connectivity index (χ2v) is 7.86. The zero-order valence-corrected chi connectivity index (χ0v) is 16.1. The van der Waals surface area contributed by atoms with Gasteiger partial charge in [0.05, 0.1) is 11.7 Å². The number of allylic oxidation sites excluding steroid dienone is 7. The summed E-state index contributed by atoms with van der Waals surface area (Å²) in [5, 5.41) is 9.80. The molecule has 0 saturated carbocycles. The Kier molecular flexibility index (Phi) is 9.50. The number of halogens is 4. The summed E-state index contributed by atoms with van der Waals surface area (Å²) >= 11 is 1.36. The first-order valence-electron chi connectivity index (χ1n) is 8.54. The lowest BCUT2D eigenvalue weighted by atomic mass is 9.84. The van der Waals surface area contributed by atoms with E-state index < -0.39 is 30.4 Å². The summed E-state index contributed by atoms with van der Waals surface area (Å²) < 4.78 is 53.3. The molecule has 0 fully saturated rings. The number of aliphatic hydroxyl groups is 1. The van der Waals surface area contributed by atoms with E-state index in [9.17, 15) is 22.7 Å². The molecule has 26 heavy (non-hydrogen) atoms. The van der Waals surface area contributed by atoms with Crippen LogP contribution in [0.5, 0.6) is 0 Å². The highest BCUT2D eigenvalue weighted by Crippen LogP contribution is 2.36. The third-order valence-electron chi connectivity index (χ3n) is 4.70. The molecular weight excluding hydrogens is 366 g/mol. The Morgan fingerprint density at radius 3 is 2.54 bits per heavy atom. The first kappa shape index (κ1) is 22.8. The first-order chi connectivity index (χ1) is 12.2. The smallest absolute Gasteiger partial charge is 0.131 e. The second-order valence-electron chi connectivity index (χ2n) is 6.45. The van der Waals surface area contributed by atoms with Crippen LogP contribution in [0.1, 0.15) is 20.8 Å². The Balaban J connectivity index is 2.83. The number of alkyl halides is 2. The summed E-state index contributed by atoms with van der Waals surface area (Å²) in [5.74, 6) is -2.82. The highest BCUT2D eigenvalue weighted by atomic mass is 32.2. The van der Waals surface area contributed by atoms with Crippen LogP contribution in [0.2, 0.25) is 0 Å². The minimum absolute atomic E-state index is 0.0547. The normalized spacial score (nSPS) is 25.4. The van der Waals surface area contributed by atoms with Crippen LogP contribution >= 0.6 is 11.8 Å². The standard InChI is InChI=1S/C19H27F4NOS/c1-11(15(5-4-6-20)16(9-24)12(2)25)13(3)26-10-17-18(22)7-14(21)8-19(17)23/h4-5,7-8,11,13,15,17-18,25H,6,9-10,24H2,1-3H3/b5-4-,16-12+/t11-,13?,15?,17-,18?/m1/s1. The largest absolute Gasteiger partial charge is 0.513 e. The molecule has 0 bridgehead atoms. The summed E-state index contributed by atoms with van der Waals surface area (Å²) in [4.78, 5) is 0. The topological polar surface area (TPSA) is 46.2 Å². The molecule has 0 spiro atoms. The van der Waals surface area contributed by atoms with Gasteiger partial charge in [0.25, 0.3) is 0 Å². The van der Waals surface area contributed by atoms with Gasteiger partial charge in [-0.25, -0.2) is 17.6 Å². The van der Waals surface area contributed by atoms with Crippen LogP contribution in [-0.4, -0.2) is 35.5 Å². The van der Waals surface area contributed by atoms with E-state index in [1.54, 1.807) is 6.08 Å². The molecule has 1 aliphatic carbocycles. The molecule has 3 N–H and O–H groups in total. The van der Waals surface area contributed by atoms with Gasteiger partial charge in [0.15, 0.2) is 0 Å². The molecular formula is C19H27F4NOS. The molecule has 0 saturated heterocycles. The second kappa shape index (κ2) is 10.8. The van der Waals surface area contributed by atoms with Gasteiger partial charge in [-0.2, -0.15) is 11.8 Å². The Morgan fingerprint density at radius 2 is 2.04 bits per heavy atom. The molecule has 148 valence electrons. The highest BCUT2D eigenvalue weighted by molar-refractivity contribution is 7.99. The van der Waals surface area contributed by atoms with E-state index in [1.165, 1.54) is 24.8 Å². The number of rotatable bonds is 9. The fraction of sp³-hybridized carbons (Fsp3) is 0.579. The Bertz CT molecular complexity index is 584. The molecule has 0 aliphatic heterocycles. The zero-order chi connectivity index (χ0) is 19.9. The molecule has 0 aromatic rings. The third kappa shape index (κ3) is 6.20. The van der Waals surface area contributed by atoms with Crippen LogP contribution < -0.4 is 5.73 Å². The predicted molar refractivity (Wildman–Crippen MR) is 101 cm³/mol. The van der Waals surface area contributed by atoms with Gasteiger partial charge in [-0.05, 0) is 24.5 Å². The zero-order valence-electron chi connectivity index (χ0n) is 15.3. The molecule has 3 unspecified atom stereocenters. The van der Waals surface area contributed by atoms with E-state index in [4.69, 9.17) is 5.73 Å². The van der Waals surface area contributed by atoms with Gasteiger partial charge < -0.3 is 10.8 Å². The van der Waals surface area contributed by atoms with Gasteiger partial charge in [-0.15, -0.1) is 0 Å². The van der Waals surface area contributed by atoms with E-state index in [-0.39, 0.29) is 35.1 Å². The molecule has 7 heteroatoms. The fourth-order valence-electron chi connectivity index (χ4n) is 2.91. The van der Waals surface area contributed by atoms with Crippen molar-refractivity contribution < 1.29 is 22.7 Å². The summed E-state index contributed by atoms with van der Waals surface area (Å²) in [6, 6.07) is 0. The number of aliphatic hydroxyl groups excluding tert-OH is 1. The van der Waals surface area contributed by atoms with Crippen LogP contribution in [0.15, 0.2) is 47.3 Å². The molecule has 2 nitrogen and oxygen atoms in total. The Morgan fingerprint density at radius 1 is 1.38 bits per heavy atom. The lowest BCUT2D eigenvalue weighted by molar-refractivity contribution is 0.287. The number of nitrogens with two attached hydrogens (primary N) is 1. The monoisotopic (exact) mass is 393 g/mol. The van der Waals surface area contributed by atoms with Crippen molar-refractivity contribution >= 4 is 11.8 Å². The van der Waals surface area contributed by atoms with Crippen molar-refractivity contribution in [3.63, 3.8) is 0 Å². The van der Waals surface area contributed by atoms with Gasteiger partial charge in [0.1, 0.15) is 24.5 Å². The lowest BCUT2D eigenvalue weighted by Gasteiger charge is -2.30. The van der Waals surface area contributed by atoms with Crippen LogP contribution in [0, 0.1) is 17.8 Å². The summed E-state index contributed by atoms with van der Waals surface area (Å²) in [6.07, 6.45) is 2.83. The van der Waals surface area contributed by atoms with Crippen molar-refractivity contribution in [3.05, 3.63) is 47.3 Å². The summed E-state index contributed by atoms with van der Waals surface area (Å²) in [5.41, 5.74) is 6.33. The van der Waals surface area contributed by atoms with E-state index in [1.807, 2.05) is 13.8 Å². The third-order valence-corrected chi connectivity index (χ3v) is 6.20. The van der Waals surface area contributed by atoms with Crippen LogP contribution in [0.25, 0.3) is 0 Å². The van der Waals surface area contributed by atoms with Gasteiger partial charge in [-0.3, -0.25) is 0 Å². The van der Waals surface area contributed by atoms with Crippen molar-refractivity contribution in [2.24, 2.45) is 23.5 Å². The van der Waals surface area contributed by atoms with E-state index in [0.717, 1.165) is 6.08 Å². The maximum Gasteiger partial charge on any atom is 0.131 e. The molecule has 1 rings (SSSR count). The lowest BCUT2D eigenvalue weighted by Crippen LogP contribution is -2.27. The average molecular weight is 393 g/mol. The van der Waals surface area contributed by atoms with Crippen molar-refractivity contribution in [2.45, 2.75) is 32.2 Å². The van der Waals surface area contributed by atoms with Gasteiger partial charge >= 0.3 is 0 Å². The first-order valence-corrected chi connectivity index (χ1v) is 9.59. The molecule has 0 heterocycles. The van der Waals surface area contributed by atoms with Crippen molar-refractivity contribution in [3.8, 4) is 0 Å². The maximum absolute atomic E-state index is 13.9. The quantitative estimate of drug-likeness (QED) is 0.315. The van der Waals surface area contributed by atoms with Crippen molar-refractivity contribution in [1.82, 2.24) is 0 Å². The Hall–Kier alpha value is -1.21. The molecule has 0 aromatic heterocycles. The fourth-order valence-corrected chi connectivity index (χ4v) is 4.24. The van der Waals surface area contributed by atoms with Crippen molar-refractivity contribution in [1.29, 1.82) is 0 Å². The van der Waals surface area contributed by atoms with Crippen molar-refractivity contribution in [2.75, 3.05) is 19.0 Å². The number of hydrogen-bond donors (Lipinski definition) is 2. The van der Waals surface area contributed by atoms with Crippen LogP contribution in [-0.2, 0) is 0 Å². The molecule has 0 amide bonds. The van der Waals surface area contributed by atoms with E-state index in [2.05, 4.69) is 0 Å². The minimum atomic E-state index is -1.70.